The van der Waals surface area contributed by atoms with Gasteiger partial charge in [0, 0.05) is 10.5 Å². The molecule has 0 saturated heterocycles. The van der Waals surface area contributed by atoms with Gasteiger partial charge in [0.05, 0.1) is 30.8 Å². The Bertz CT molecular complexity index is 1140. The second-order valence-electron chi connectivity index (χ2n) is 8.87. The molecule has 0 aliphatic carbocycles. The third-order valence-electron chi connectivity index (χ3n) is 5.34. The highest BCUT2D eigenvalue weighted by Gasteiger charge is 2.22. The summed E-state index contributed by atoms with van der Waals surface area (Å²) < 4.78 is 13.7. The lowest BCUT2D eigenvalue weighted by molar-refractivity contribution is 0.102. The highest BCUT2D eigenvalue weighted by molar-refractivity contribution is 9.10. The van der Waals surface area contributed by atoms with Gasteiger partial charge in [0.1, 0.15) is 11.5 Å². The first kappa shape index (κ1) is 24.8. The fraction of sp³-hybridized carbons (Fsp3) is 0.400. The maximum absolute atomic E-state index is 13.2. The molecule has 0 fully saturated rings. The number of carbonyl (C=O) groups is 1. The summed E-state index contributed by atoms with van der Waals surface area (Å²) in [4.78, 5) is 13.2. The lowest BCUT2D eigenvalue weighted by Gasteiger charge is -2.21. The molecule has 3 aromatic rings. The molecule has 176 valence electrons. The molecule has 0 bridgehead atoms. The smallest absolute Gasteiger partial charge is 0.278 e. The van der Waals surface area contributed by atoms with Gasteiger partial charge in [-0.05, 0) is 64.5 Å². The van der Waals surface area contributed by atoms with E-state index in [0.717, 1.165) is 28.6 Å². The largest absolute Gasteiger partial charge is 0.497 e. The van der Waals surface area contributed by atoms with Gasteiger partial charge in [-0.3, -0.25) is 4.79 Å². The zero-order valence-corrected chi connectivity index (χ0v) is 21.6. The second kappa shape index (κ2) is 10.4. The zero-order chi connectivity index (χ0) is 24.2. The van der Waals surface area contributed by atoms with Crippen LogP contribution in [0.3, 0.4) is 0 Å². The van der Waals surface area contributed by atoms with Crippen molar-refractivity contribution in [1.29, 1.82) is 0 Å². The Morgan fingerprint density at radius 1 is 1.18 bits per heavy atom. The summed E-state index contributed by atoms with van der Waals surface area (Å²) in [5, 5.41) is 11.4. The summed E-state index contributed by atoms with van der Waals surface area (Å²) in [6.45, 7) is 10.9. The average molecular weight is 515 g/mol. The van der Waals surface area contributed by atoms with Crippen molar-refractivity contribution >= 4 is 27.5 Å². The van der Waals surface area contributed by atoms with E-state index in [1.54, 1.807) is 11.8 Å². The second-order valence-corrected chi connectivity index (χ2v) is 9.72. The zero-order valence-electron chi connectivity index (χ0n) is 20.0. The van der Waals surface area contributed by atoms with Gasteiger partial charge >= 0.3 is 0 Å². The Morgan fingerprint density at radius 3 is 2.61 bits per heavy atom. The topological polar surface area (TPSA) is 78.3 Å². The van der Waals surface area contributed by atoms with Crippen LogP contribution in [0.4, 0.5) is 5.69 Å². The molecule has 0 spiro atoms. The number of hydrogen-bond acceptors (Lipinski definition) is 5. The van der Waals surface area contributed by atoms with Gasteiger partial charge in [-0.1, -0.05) is 45.4 Å². The summed E-state index contributed by atoms with van der Waals surface area (Å²) >= 11 is 3.54. The van der Waals surface area contributed by atoms with E-state index in [2.05, 4.69) is 59.3 Å². The molecule has 1 N–H and O–H groups in total. The Morgan fingerprint density at radius 2 is 1.94 bits per heavy atom. The van der Waals surface area contributed by atoms with Crippen molar-refractivity contribution in [2.45, 2.75) is 52.9 Å². The fourth-order valence-corrected chi connectivity index (χ4v) is 3.69. The maximum Gasteiger partial charge on any atom is 0.278 e. The number of nitrogens with zero attached hydrogens (tertiary/aromatic N) is 3. The Kier molecular flexibility index (Phi) is 7.79. The molecule has 1 aromatic heterocycles. The number of ether oxygens (including phenoxy) is 2. The number of rotatable bonds is 8. The Balaban J connectivity index is 1.93. The molecular weight excluding hydrogens is 484 g/mol. The van der Waals surface area contributed by atoms with E-state index in [1.165, 1.54) is 0 Å². The van der Waals surface area contributed by atoms with Crippen molar-refractivity contribution < 1.29 is 14.3 Å². The van der Waals surface area contributed by atoms with Crippen LogP contribution in [-0.4, -0.2) is 34.6 Å². The lowest BCUT2D eigenvalue weighted by atomic mass is 9.87. The first-order valence-corrected chi connectivity index (χ1v) is 11.8. The third-order valence-corrected chi connectivity index (χ3v) is 6.01. The Labute approximate surface area is 203 Å². The molecule has 0 aliphatic rings. The highest BCUT2D eigenvalue weighted by atomic mass is 79.9. The summed E-state index contributed by atoms with van der Waals surface area (Å²) in [7, 11) is 1.60. The van der Waals surface area contributed by atoms with Crippen molar-refractivity contribution in [2.24, 2.45) is 0 Å². The van der Waals surface area contributed by atoms with Crippen LogP contribution in [0.15, 0.2) is 40.9 Å². The van der Waals surface area contributed by atoms with E-state index in [4.69, 9.17) is 9.47 Å². The SMILES string of the molecule is CCCCOc1ccc(C(C)(C)C)cc1NC(=O)c1nnn(-c2cc(OC)ccc2Br)c1C. The molecule has 7 nitrogen and oxygen atoms in total. The van der Waals surface area contributed by atoms with Crippen molar-refractivity contribution in [3.05, 3.63) is 57.8 Å². The molecular formula is C25H31BrN4O3. The number of carbonyl (C=O) groups excluding carboxylic acids is 1. The van der Waals surface area contributed by atoms with Gasteiger partial charge in [0.25, 0.3) is 5.91 Å². The standard InChI is InChI=1S/C25H31BrN4O3/c1-7-8-13-33-22-12-9-17(25(3,4)5)14-20(22)27-24(31)23-16(2)30(29-28-23)21-15-18(32-6)10-11-19(21)26/h9-12,14-15H,7-8,13H2,1-6H3,(H,27,31). The number of methoxy groups -OCH3 is 1. The van der Waals surface area contributed by atoms with Crippen molar-refractivity contribution in [3.63, 3.8) is 0 Å². The normalized spacial score (nSPS) is 11.4. The van der Waals surface area contributed by atoms with Crippen LogP contribution in [0.5, 0.6) is 11.5 Å². The number of amides is 1. The maximum atomic E-state index is 13.2. The molecule has 1 heterocycles. The highest BCUT2D eigenvalue weighted by Crippen LogP contribution is 2.32. The quantitative estimate of drug-likeness (QED) is 0.368. The van der Waals surface area contributed by atoms with Gasteiger partial charge in [-0.25, -0.2) is 4.68 Å². The fourth-order valence-electron chi connectivity index (χ4n) is 3.28. The summed E-state index contributed by atoms with van der Waals surface area (Å²) in [6.07, 6.45) is 1.97. The summed E-state index contributed by atoms with van der Waals surface area (Å²) in [5.74, 6) is 0.983. The molecule has 0 atom stereocenters. The predicted octanol–water partition coefficient (Wildman–Crippen LogP) is 6.08. The van der Waals surface area contributed by atoms with E-state index < -0.39 is 0 Å². The number of unbranched alkanes of at least 4 members (excludes halogenated alkanes) is 1. The Hall–Kier alpha value is -2.87. The molecule has 0 aliphatic heterocycles. The van der Waals surface area contributed by atoms with Crippen LogP contribution in [-0.2, 0) is 5.41 Å². The molecule has 3 rings (SSSR count). The van der Waals surface area contributed by atoms with E-state index in [-0.39, 0.29) is 17.0 Å². The minimum Gasteiger partial charge on any atom is -0.497 e. The monoisotopic (exact) mass is 514 g/mol. The van der Waals surface area contributed by atoms with Gasteiger partial charge < -0.3 is 14.8 Å². The van der Waals surface area contributed by atoms with Gasteiger partial charge in [-0.2, -0.15) is 0 Å². The van der Waals surface area contributed by atoms with Gasteiger partial charge in [0.2, 0.25) is 0 Å². The first-order chi connectivity index (χ1) is 15.7. The molecule has 0 saturated carbocycles. The average Bonchev–Trinajstić information content (AvgIpc) is 3.15. The van der Waals surface area contributed by atoms with E-state index >= 15 is 0 Å². The molecule has 33 heavy (non-hydrogen) atoms. The van der Waals surface area contributed by atoms with Crippen LogP contribution in [0, 0.1) is 6.92 Å². The number of anilines is 1. The molecule has 0 unspecified atom stereocenters. The number of aromatic nitrogens is 3. The van der Waals surface area contributed by atoms with Crippen LogP contribution in [0.25, 0.3) is 5.69 Å². The molecule has 8 heteroatoms. The summed E-state index contributed by atoms with van der Waals surface area (Å²) in [5.41, 5.74) is 3.24. The van der Waals surface area contributed by atoms with E-state index in [1.807, 2.05) is 43.3 Å². The molecule has 2 aromatic carbocycles. The third kappa shape index (κ3) is 5.74. The van der Waals surface area contributed by atoms with Crippen LogP contribution >= 0.6 is 15.9 Å². The van der Waals surface area contributed by atoms with Crippen LogP contribution in [0.2, 0.25) is 0 Å². The van der Waals surface area contributed by atoms with E-state index in [9.17, 15) is 4.79 Å². The van der Waals surface area contributed by atoms with Crippen molar-refractivity contribution in [3.8, 4) is 17.2 Å². The molecule has 1 amide bonds. The first-order valence-electron chi connectivity index (χ1n) is 11.0. The minimum atomic E-state index is -0.343. The number of benzene rings is 2. The number of hydrogen-bond donors (Lipinski definition) is 1. The van der Waals surface area contributed by atoms with Gasteiger partial charge in [0.15, 0.2) is 5.69 Å². The van der Waals surface area contributed by atoms with Crippen LogP contribution < -0.4 is 14.8 Å². The molecule has 0 radical (unpaired) electrons. The van der Waals surface area contributed by atoms with Crippen molar-refractivity contribution in [2.75, 3.05) is 19.0 Å². The lowest BCUT2D eigenvalue weighted by Crippen LogP contribution is -2.17. The van der Waals surface area contributed by atoms with Gasteiger partial charge in [-0.15, -0.1) is 5.10 Å². The summed E-state index contributed by atoms with van der Waals surface area (Å²) in [6, 6.07) is 11.5. The van der Waals surface area contributed by atoms with Crippen LogP contribution in [0.1, 0.15) is 62.3 Å². The predicted molar refractivity (Wildman–Crippen MR) is 134 cm³/mol. The minimum absolute atomic E-state index is 0.0703. The number of nitrogens with one attached hydrogen (secondary N) is 1. The number of halogens is 1. The van der Waals surface area contributed by atoms with Crippen molar-refractivity contribution in [1.82, 2.24) is 15.0 Å². The van der Waals surface area contributed by atoms with E-state index in [0.29, 0.717) is 29.5 Å².